The number of amides is 2. The minimum atomic E-state index is -1.24. The smallest absolute Gasteiger partial charge is 0.290 e. The molecule has 1 aliphatic heterocycles. The van der Waals surface area contributed by atoms with Gasteiger partial charge in [-0.2, -0.15) is 0 Å². The number of hydrogen-bond donors (Lipinski definition) is 3. The quantitative estimate of drug-likeness (QED) is 0.270. The Morgan fingerprint density at radius 3 is 2.41 bits per heavy atom. The van der Waals surface area contributed by atoms with Crippen LogP contribution in [0.4, 0.5) is 0 Å². The molecule has 3 aromatic rings. The Balaban J connectivity index is 1.25. The Labute approximate surface area is 284 Å². The predicted octanol–water partition coefficient (Wildman–Crippen LogP) is 4.24. The number of carbonyl (C=O) groups excluding carboxylic acids is 3. The summed E-state index contributed by atoms with van der Waals surface area (Å²) in [5.74, 6) is 1.56. The van der Waals surface area contributed by atoms with Crippen molar-refractivity contribution in [1.29, 1.82) is 0 Å². The van der Waals surface area contributed by atoms with Crippen LogP contribution in [-0.4, -0.2) is 85.4 Å². The number of nitrogens with zero attached hydrogens (tertiary/aromatic N) is 1. The molecule has 9 rings (SSSR count). The summed E-state index contributed by atoms with van der Waals surface area (Å²) < 4.78 is 23.7. The third-order valence-corrected chi connectivity index (χ3v) is 11.6. The van der Waals surface area contributed by atoms with Crippen molar-refractivity contribution in [3.8, 4) is 17.2 Å². The van der Waals surface area contributed by atoms with E-state index < -0.39 is 30.1 Å². The van der Waals surface area contributed by atoms with Crippen LogP contribution in [-0.2, 0) is 4.79 Å². The van der Waals surface area contributed by atoms with Crippen LogP contribution in [0.3, 0.4) is 0 Å². The fourth-order valence-corrected chi connectivity index (χ4v) is 10.2. The van der Waals surface area contributed by atoms with E-state index in [9.17, 15) is 24.6 Å². The predicted molar refractivity (Wildman–Crippen MR) is 178 cm³/mol. The molecule has 2 heterocycles. The number of para-hydroxylation sites is 1. The van der Waals surface area contributed by atoms with Crippen LogP contribution in [0.1, 0.15) is 70.9 Å². The number of methoxy groups -OCH3 is 2. The van der Waals surface area contributed by atoms with E-state index >= 15 is 0 Å². The number of fused-ring (bicyclic) bond motifs is 4. The molecular weight excluding hydrogens is 628 g/mol. The zero-order valence-corrected chi connectivity index (χ0v) is 27.7. The molecule has 2 amide bonds. The van der Waals surface area contributed by atoms with Gasteiger partial charge in [0.05, 0.1) is 32.8 Å². The van der Waals surface area contributed by atoms with E-state index in [4.69, 9.17) is 18.6 Å². The lowest BCUT2D eigenvalue weighted by Crippen LogP contribution is -2.59. The van der Waals surface area contributed by atoms with Crippen LogP contribution in [0.2, 0.25) is 0 Å². The normalized spacial score (nSPS) is 30.6. The Bertz CT molecular complexity index is 1810. The van der Waals surface area contributed by atoms with Crippen molar-refractivity contribution in [2.75, 3.05) is 33.9 Å². The lowest BCUT2D eigenvalue weighted by molar-refractivity contribution is -0.119. The third kappa shape index (κ3) is 5.29. The van der Waals surface area contributed by atoms with Crippen molar-refractivity contribution in [3.05, 3.63) is 64.9 Å². The Morgan fingerprint density at radius 2 is 1.76 bits per heavy atom. The number of carbonyl (C=O) groups is 3. The first-order valence-corrected chi connectivity index (χ1v) is 17.2. The van der Waals surface area contributed by atoms with E-state index in [1.165, 1.54) is 26.4 Å². The molecule has 2 aromatic carbocycles. The standard InChI is InChI=1S/C38H42N2O9/c1-46-28-5-3-4-24-13-30(48-33(24)28)37(45)40(19-38-15-20-8-21(16-38)10-22(9-20)17-38)27-14-26(36(44)39-6-7-41)31-25-11-23(18-42)12-29(47-2)34(25)49-35(31)32(27)43/h3-5,11-14,18,20-22,27,31-32,35,41,43H,6-10,15-17,19H2,1-2H3,(H,39,44)/t20?,21?,22?,27-,31+,32+,35+,38?/m1/s1. The van der Waals surface area contributed by atoms with Crippen molar-refractivity contribution >= 4 is 29.1 Å². The maximum Gasteiger partial charge on any atom is 0.290 e. The number of hydrogen-bond acceptors (Lipinski definition) is 9. The first-order valence-electron chi connectivity index (χ1n) is 17.2. The minimum absolute atomic E-state index is 0.0168. The molecule has 0 spiro atoms. The number of nitrogens with one attached hydrogen (secondary N) is 1. The van der Waals surface area contributed by atoms with Crippen molar-refractivity contribution in [2.24, 2.45) is 23.2 Å². The Hall–Kier alpha value is -4.35. The van der Waals surface area contributed by atoms with Crippen molar-refractivity contribution < 1.29 is 43.2 Å². The molecule has 11 heteroatoms. The van der Waals surface area contributed by atoms with Crippen LogP contribution in [0.25, 0.3) is 11.0 Å². The largest absolute Gasteiger partial charge is 0.493 e. The molecule has 4 saturated carbocycles. The van der Waals surface area contributed by atoms with Crippen LogP contribution < -0.4 is 19.5 Å². The molecule has 3 N–H and O–H groups in total. The highest BCUT2D eigenvalue weighted by molar-refractivity contribution is 5.99. The fourth-order valence-electron chi connectivity index (χ4n) is 10.2. The molecule has 4 fully saturated rings. The van der Waals surface area contributed by atoms with E-state index in [1.54, 1.807) is 42.4 Å². The monoisotopic (exact) mass is 670 g/mol. The summed E-state index contributed by atoms with van der Waals surface area (Å²) in [5.41, 5.74) is 1.51. The van der Waals surface area contributed by atoms with Crippen molar-refractivity contribution in [2.45, 2.75) is 62.7 Å². The highest BCUT2D eigenvalue weighted by atomic mass is 16.5. The van der Waals surface area contributed by atoms with Crippen molar-refractivity contribution in [3.63, 3.8) is 0 Å². The van der Waals surface area contributed by atoms with Crippen LogP contribution in [0.5, 0.6) is 17.2 Å². The first-order chi connectivity index (χ1) is 23.7. The summed E-state index contributed by atoms with van der Waals surface area (Å²) in [5, 5.41) is 25.3. The molecular formula is C38H42N2O9. The van der Waals surface area contributed by atoms with Gasteiger partial charge in [-0.15, -0.1) is 0 Å². The van der Waals surface area contributed by atoms with Gasteiger partial charge in [0.15, 0.2) is 28.6 Å². The van der Waals surface area contributed by atoms with Gasteiger partial charge in [-0.1, -0.05) is 12.1 Å². The molecule has 258 valence electrons. The Morgan fingerprint density at radius 1 is 1.04 bits per heavy atom. The fraction of sp³-hybridized carbons (Fsp3) is 0.500. The number of aliphatic hydroxyl groups excluding tert-OH is 2. The molecule has 4 bridgehead atoms. The van der Waals surface area contributed by atoms with Crippen LogP contribution >= 0.6 is 0 Å². The number of aldehydes is 1. The summed E-state index contributed by atoms with van der Waals surface area (Å²) in [6, 6.07) is 9.43. The molecule has 4 atom stereocenters. The van der Waals surface area contributed by atoms with Gasteiger partial charge in [0.1, 0.15) is 18.5 Å². The minimum Gasteiger partial charge on any atom is -0.493 e. The SMILES string of the molecule is COc1cc(C=O)cc2c1O[C@@H]1[C@@H](O)[C@H](N(CC34CC5CC(CC(C5)C3)C4)C(=O)c3cc4cccc(OC)c4o3)C=C(C(=O)NCCO)[C@H]21. The second-order valence-electron chi connectivity index (χ2n) is 14.7. The number of ether oxygens (including phenoxy) is 3. The van der Waals surface area contributed by atoms with Gasteiger partial charge in [-0.3, -0.25) is 14.4 Å². The highest BCUT2D eigenvalue weighted by Crippen LogP contribution is 2.61. The number of rotatable bonds is 10. The zero-order chi connectivity index (χ0) is 34.0. The number of furan rings is 1. The lowest BCUT2D eigenvalue weighted by atomic mass is 9.49. The maximum atomic E-state index is 14.8. The molecule has 0 radical (unpaired) electrons. The van der Waals surface area contributed by atoms with Gasteiger partial charge >= 0.3 is 0 Å². The zero-order valence-electron chi connectivity index (χ0n) is 27.7. The maximum absolute atomic E-state index is 14.8. The summed E-state index contributed by atoms with van der Waals surface area (Å²) in [4.78, 5) is 42.3. The average molecular weight is 671 g/mol. The molecule has 1 aromatic heterocycles. The molecule has 0 saturated heterocycles. The van der Waals surface area contributed by atoms with E-state index in [1.807, 2.05) is 12.1 Å². The van der Waals surface area contributed by atoms with Gasteiger partial charge in [0.25, 0.3) is 5.91 Å². The molecule has 5 aliphatic carbocycles. The molecule has 0 unspecified atom stereocenters. The molecule has 6 aliphatic rings. The summed E-state index contributed by atoms with van der Waals surface area (Å²) in [6.07, 6.45) is 6.94. The van der Waals surface area contributed by atoms with Crippen LogP contribution in [0, 0.1) is 23.2 Å². The highest BCUT2D eigenvalue weighted by Gasteiger charge is 2.55. The summed E-state index contributed by atoms with van der Waals surface area (Å²) in [6.45, 7) is 0.153. The third-order valence-electron chi connectivity index (χ3n) is 11.6. The summed E-state index contributed by atoms with van der Waals surface area (Å²) in [7, 11) is 3.02. The van der Waals surface area contributed by atoms with E-state index in [-0.39, 0.29) is 35.8 Å². The van der Waals surface area contributed by atoms with Gasteiger partial charge in [-0.25, -0.2) is 0 Å². The van der Waals surface area contributed by atoms with Crippen molar-refractivity contribution in [1.82, 2.24) is 10.2 Å². The number of aliphatic hydroxyl groups is 2. The topological polar surface area (TPSA) is 148 Å². The van der Waals surface area contributed by atoms with E-state index in [0.29, 0.717) is 69.9 Å². The first kappa shape index (κ1) is 31.9. The lowest BCUT2D eigenvalue weighted by Gasteiger charge is -2.58. The van der Waals surface area contributed by atoms with Gasteiger partial charge < -0.3 is 39.1 Å². The molecule has 11 nitrogen and oxygen atoms in total. The van der Waals surface area contributed by atoms with E-state index in [0.717, 1.165) is 19.3 Å². The van der Waals surface area contributed by atoms with Gasteiger partial charge in [-0.05, 0) is 92.0 Å². The van der Waals surface area contributed by atoms with Gasteiger partial charge in [0.2, 0.25) is 5.91 Å². The Kier molecular flexibility index (Phi) is 7.94. The molecule has 49 heavy (non-hydrogen) atoms. The van der Waals surface area contributed by atoms with Crippen LogP contribution in [0.15, 0.2) is 52.5 Å². The van der Waals surface area contributed by atoms with E-state index in [2.05, 4.69) is 5.32 Å². The summed E-state index contributed by atoms with van der Waals surface area (Å²) >= 11 is 0. The van der Waals surface area contributed by atoms with Gasteiger partial charge in [0, 0.05) is 35.2 Å². The second kappa shape index (κ2) is 12.2. The number of benzene rings is 2. The average Bonchev–Trinajstić information content (AvgIpc) is 3.71. The second-order valence-corrected chi connectivity index (χ2v) is 14.7.